The van der Waals surface area contributed by atoms with Crippen LogP contribution in [0, 0.1) is 0 Å². The average Bonchev–Trinajstić information content (AvgIpc) is 1.56. The van der Waals surface area contributed by atoms with Crippen molar-refractivity contribution in [2.24, 2.45) is 0 Å². The molecular weight excluding hydrogens is 1590 g/mol. The van der Waals surface area contributed by atoms with E-state index in [9.17, 15) is 0 Å². The lowest BCUT2D eigenvalue weighted by molar-refractivity contribution is 0.672. The Morgan fingerprint density at radius 2 is 0.369 bits per heavy atom. The Balaban J connectivity index is 0.000000145. The van der Waals surface area contributed by atoms with Crippen LogP contribution in [0.25, 0.3) is 245 Å². The lowest BCUT2D eigenvalue weighted by atomic mass is 9.99. The van der Waals surface area contributed by atoms with E-state index in [2.05, 4.69) is 422 Å². The number of hydrogen-bond acceptors (Lipinski definition) is 8. The molecule has 10 heteroatoms. The minimum Gasteiger partial charge on any atom is -0.455 e. The van der Waals surface area contributed by atoms with Gasteiger partial charge in [-0.15, -0.1) is 0 Å². The molecule has 0 spiro atoms. The summed E-state index contributed by atoms with van der Waals surface area (Å²) in [7, 11) is 0. The Morgan fingerprint density at radius 1 is 0.146 bits per heavy atom. The molecule has 6 heterocycles. The largest absolute Gasteiger partial charge is 0.455 e. The fourth-order valence-corrected chi connectivity index (χ4v) is 18.5. The quantitative estimate of drug-likeness (QED) is 0.0997. The van der Waals surface area contributed by atoms with Crippen LogP contribution in [-0.4, -0.2) is 39.0 Å². The second kappa shape index (κ2) is 32.5. The van der Waals surface area contributed by atoms with E-state index < -0.39 is 0 Å². The molecule has 0 saturated heterocycles. The minimum absolute atomic E-state index is 0.573. The first-order chi connectivity index (χ1) is 64.4. The van der Waals surface area contributed by atoms with E-state index in [1.165, 1.54) is 44.5 Å². The number of fused-ring (bicyclic) bond motifs is 14. The molecular formula is C120H76N8O2. The molecule has 0 fully saturated rings. The molecule has 608 valence electrons. The van der Waals surface area contributed by atoms with Gasteiger partial charge in [-0.1, -0.05) is 358 Å². The number of furan rings is 2. The molecule has 130 heavy (non-hydrogen) atoms. The Bertz CT molecular complexity index is 8490. The van der Waals surface area contributed by atoms with Gasteiger partial charge in [-0.3, -0.25) is 0 Å². The predicted molar refractivity (Wildman–Crippen MR) is 534 cm³/mol. The molecule has 6 aromatic heterocycles. The molecule has 0 aliphatic rings. The van der Waals surface area contributed by atoms with Gasteiger partial charge in [-0.05, 0) is 181 Å². The molecule has 0 bridgehead atoms. The zero-order valence-corrected chi connectivity index (χ0v) is 70.3. The third-order valence-electron chi connectivity index (χ3n) is 25.0. The van der Waals surface area contributed by atoms with Gasteiger partial charge in [0.1, 0.15) is 22.3 Å². The molecule has 19 aromatic carbocycles. The molecule has 0 atom stereocenters. The topological polar surface area (TPSA) is 113 Å². The Hall–Kier alpha value is -17.6. The first-order valence-electron chi connectivity index (χ1n) is 43.8. The van der Waals surface area contributed by atoms with Crippen LogP contribution in [0.1, 0.15) is 0 Å². The van der Waals surface area contributed by atoms with Crippen LogP contribution in [0.15, 0.2) is 470 Å². The maximum absolute atomic E-state index is 6.97. The molecule has 0 aliphatic carbocycles. The molecule has 25 rings (SSSR count). The van der Waals surface area contributed by atoms with Crippen molar-refractivity contribution < 1.29 is 8.83 Å². The number of para-hydroxylation sites is 2. The van der Waals surface area contributed by atoms with Crippen LogP contribution in [0.4, 0.5) is 0 Å². The van der Waals surface area contributed by atoms with Crippen molar-refractivity contribution in [3.63, 3.8) is 0 Å². The van der Waals surface area contributed by atoms with Crippen LogP contribution < -0.4 is 0 Å². The summed E-state index contributed by atoms with van der Waals surface area (Å²) in [6.07, 6.45) is 0. The highest BCUT2D eigenvalue weighted by Gasteiger charge is 2.25. The van der Waals surface area contributed by atoms with Crippen molar-refractivity contribution in [1.82, 2.24) is 39.0 Å². The predicted octanol–water partition coefficient (Wildman–Crippen LogP) is 31.4. The molecule has 0 aliphatic heterocycles. The van der Waals surface area contributed by atoms with Crippen molar-refractivity contribution in [3.05, 3.63) is 461 Å². The van der Waals surface area contributed by atoms with Gasteiger partial charge in [0.05, 0.1) is 32.8 Å². The van der Waals surface area contributed by atoms with Crippen LogP contribution in [-0.2, 0) is 0 Å². The fraction of sp³-hybridized carbons (Fsp3) is 0. The van der Waals surface area contributed by atoms with Gasteiger partial charge in [-0.2, -0.15) is 0 Å². The van der Waals surface area contributed by atoms with Gasteiger partial charge in [-0.25, -0.2) is 29.9 Å². The van der Waals surface area contributed by atoms with Crippen LogP contribution in [0.3, 0.4) is 0 Å². The maximum atomic E-state index is 6.97. The highest BCUT2D eigenvalue weighted by Crippen LogP contribution is 2.46. The van der Waals surface area contributed by atoms with Gasteiger partial charge in [0.15, 0.2) is 34.9 Å². The molecule has 0 amide bonds. The van der Waals surface area contributed by atoms with Gasteiger partial charge in [0, 0.05) is 77.1 Å². The van der Waals surface area contributed by atoms with Crippen molar-refractivity contribution in [3.8, 4) is 158 Å². The van der Waals surface area contributed by atoms with Crippen molar-refractivity contribution in [2.75, 3.05) is 0 Å². The zero-order valence-electron chi connectivity index (χ0n) is 70.3. The minimum atomic E-state index is 0.573. The van der Waals surface area contributed by atoms with E-state index in [0.717, 1.165) is 166 Å². The van der Waals surface area contributed by atoms with Crippen LogP contribution in [0.2, 0.25) is 0 Å². The fourth-order valence-electron chi connectivity index (χ4n) is 18.5. The van der Waals surface area contributed by atoms with Crippen LogP contribution in [0.5, 0.6) is 0 Å². The normalized spacial score (nSPS) is 11.5. The summed E-state index contributed by atoms with van der Waals surface area (Å²) in [6.45, 7) is 0. The summed E-state index contributed by atoms with van der Waals surface area (Å²) < 4.78 is 18.6. The number of aromatic nitrogens is 8. The van der Waals surface area contributed by atoms with Crippen molar-refractivity contribution in [2.45, 2.75) is 0 Å². The number of rotatable bonds is 15. The molecule has 10 nitrogen and oxygen atoms in total. The smallest absolute Gasteiger partial charge is 0.164 e. The molecule has 0 unspecified atom stereocenters. The summed E-state index contributed by atoms with van der Waals surface area (Å²) >= 11 is 0. The van der Waals surface area contributed by atoms with Gasteiger partial charge in [0.25, 0.3) is 0 Å². The SMILES string of the molecule is c1ccc(-c2ccc(-c3nc(-c4ccc(-c5ccccc5)cc4)nc(-c4ccc5c(c4)oc4c5ccc5c4c4ccccc4n5-c4ccc(-c5cccc(-c6ccccc6)c5)cc4)n3)cc2)cc1.c1ccc(-c2cccc(-c3ccc(-n4c5ccccc5c5c6oc7cc(-c8nc(-c9ccccc9)nc(-c9cccc(-c%10ccccc%10)c9)n8)ccc7c6ccc54)cc3)c2)cc1. The van der Waals surface area contributed by atoms with E-state index in [1.54, 1.807) is 0 Å². The Labute approximate surface area is 749 Å². The van der Waals surface area contributed by atoms with Crippen molar-refractivity contribution in [1.29, 1.82) is 0 Å². The van der Waals surface area contributed by atoms with E-state index in [-0.39, 0.29) is 0 Å². The maximum Gasteiger partial charge on any atom is 0.164 e. The number of benzene rings is 19. The average molecular weight is 1660 g/mol. The first kappa shape index (κ1) is 76.1. The number of nitrogens with zero attached hydrogens (tertiary/aromatic N) is 8. The summed E-state index contributed by atoms with van der Waals surface area (Å²) in [4.78, 5) is 30.5. The molecule has 0 saturated carbocycles. The summed E-state index contributed by atoms with van der Waals surface area (Å²) in [5, 5.41) is 8.64. The standard InChI is InChI=1S/C63H40N4O.C57H36N4O/c1-4-13-41(14-5-1)44-23-27-47(28-24-44)61-64-62(48-29-25-45(26-30-48)42-15-6-2-7-16-42)66-63(65-61)51-33-36-53-54-37-38-57-59(60(54)68-58(53)40-51)55-21-10-11-22-56(55)67(57)52-34-31-46(32-35-52)50-20-12-19-49(39-50)43-17-8-3-9-18-43;1-4-14-37(15-5-1)41-20-12-21-42(34-41)39-26-29-46(30-27-39)61-50-25-11-10-24-49(50)53-51(61)33-32-48-47-31-28-45(36-52(47)62-54(48)53)57-59-55(40-18-8-3-9-19-40)58-56(60-57)44-23-13-22-43(35-44)38-16-6-2-7-17-38/h1-40H;1-36H. The van der Waals surface area contributed by atoms with E-state index in [1.807, 2.05) is 48.5 Å². The van der Waals surface area contributed by atoms with Gasteiger partial charge >= 0.3 is 0 Å². The Kier molecular flexibility index (Phi) is 19.0. The second-order valence-corrected chi connectivity index (χ2v) is 32.8. The second-order valence-electron chi connectivity index (χ2n) is 32.8. The zero-order chi connectivity index (χ0) is 86.0. The number of hydrogen-bond donors (Lipinski definition) is 0. The molecule has 0 radical (unpaired) electrons. The lowest BCUT2D eigenvalue weighted by Gasteiger charge is -2.10. The first-order valence-corrected chi connectivity index (χ1v) is 43.8. The van der Waals surface area contributed by atoms with Gasteiger partial charge < -0.3 is 18.0 Å². The third-order valence-corrected chi connectivity index (χ3v) is 25.0. The van der Waals surface area contributed by atoms with Crippen molar-refractivity contribution >= 4 is 87.5 Å². The summed E-state index contributed by atoms with van der Waals surface area (Å²) in [5.41, 5.74) is 31.6. The van der Waals surface area contributed by atoms with E-state index in [0.29, 0.717) is 34.9 Å². The molecule has 0 N–H and O–H groups in total. The van der Waals surface area contributed by atoms with E-state index in [4.69, 9.17) is 38.7 Å². The Morgan fingerprint density at radius 3 is 0.715 bits per heavy atom. The van der Waals surface area contributed by atoms with Gasteiger partial charge in [0.2, 0.25) is 0 Å². The highest BCUT2D eigenvalue weighted by molar-refractivity contribution is 6.25. The van der Waals surface area contributed by atoms with E-state index >= 15 is 0 Å². The highest BCUT2D eigenvalue weighted by atomic mass is 16.3. The summed E-state index contributed by atoms with van der Waals surface area (Å²) in [5.74, 6) is 3.58. The van der Waals surface area contributed by atoms with Crippen LogP contribution >= 0.6 is 0 Å². The molecule has 25 aromatic rings. The summed E-state index contributed by atoms with van der Waals surface area (Å²) in [6, 6.07) is 161. The third kappa shape index (κ3) is 14.1. The lowest BCUT2D eigenvalue weighted by Crippen LogP contribution is -2.00. The monoisotopic (exact) mass is 1660 g/mol.